The Hall–Kier alpha value is -4.65. The average molecular weight is 484 g/mol. The number of hydrogen-bond donors (Lipinski definition) is 1. The molecule has 10 nitrogen and oxygen atoms in total. The second-order valence-corrected chi connectivity index (χ2v) is 8.49. The summed E-state index contributed by atoms with van der Waals surface area (Å²) in [6.07, 6.45) is 1.42. The molecule has 182 valence electrons. The van der Waals surface area contributed by atoms with Crippen LogP contribution in [0.3, 0.4) is 0 Å². The first-order chi connectivity index (χ1) is 17.5. The van der Waals surface area contributed by atoms with Crippen molar-refractivity contribution in [3.8, 4) is 11.4 Å². The number of fused-ring (bicyclic) bond motifs is 1. The van der Waals surface area contributed by atoms with Gasteiger partial charge in [0.15, 0.2) is 0 Å². The number of aliphatic imine (C=N–C) groups is 1. The van der Waals surface area contributed by atoms with E-state index >= 15 is 0 Å². The van der Waals surface area contributed by atoms with Gasteiger partial charge in [0.05, 0.1) is 12.8 Å². The zero-order chi connectivity index (χ0) is 25.2. The third kappa shape index (κ3) is 4.15. The number of ether oxygens (including phenoxy) is 1. The molecule has 0 spiro atoms. The molecule has 36 heavy (non-hydrogen) atoms. The number of nitrogens with one attached hydrogen (secondary N) is 1. The van der Waals surface area contributed by atoms with Crippen LogP contribution in [0.25, 0.3) is 10.5 Å². The molecule has 2 aromatic carbocycles. The molecule has 10 heteroatoms. The maximum Gasteiger partial charge on any atom is 0.300 e. The minimum absolute atomic E-state index is 0.167. The Morgan fingerprint density at radius 2 is 1.69 bits per heavy atom. The van der Waals surface area contributed by atoms with Gasteiger partial charge in [0, 0.05) is 43.5 Å². The zero-order valence-corrected chi connectivity index (χ0v) is 20.1. The van der Waals surface area contributed by atoms with Crippen molar-refractivity contribution in [1.29, 1.82) is 0 Å². The second kappa shape index (κ2) is 9.54. The van der Waals surface area contributed by atoms with Crippen molar-refractivity contribution in [2.24, 2.45) is 4.99 Å². The lowest BCUT2D eigenvalue weighted by atomic mass is 10.0. The van der Waals surface area contributed by atoms with Crippen LogP contribution >= 0.6 is 0 Å². The molecule has 0 bridgehead atoms. The number of carbonyl (C=O) groups excluding carboxylic acids is 2. The second-order valence-electron chi connectivity index (χ2n) is 8.49. The van der Waals surface area contributed by atoms with Gasteiger partial charge < -0.3 is 19.4 Å². The molecule has 0 saturated carbocycles. The van der Waals surface area contributed by atoms with E-state index in [0.29, 0.717) is 48.2 Å². The molecule has 1 aromatic heterocycles. The average Bonchev–Trinajstić information content (AvgIpc) is 3.29. The minimum Gasteiger partial charge on any atom is -0.497 e. The van der Waals surface area contributed by atoms with Crippen LogP contribution in [0.5, 0.6) is 5.75 Å². The van der Waals surface area contributed by atoms with E-state index in [0.717, 1.165) is 24.3 Å². The van der Waals surface area contributed by atoms with Crippen molar-refractivity contribution in [2.45, 2.75) is 19.8 Å². The van der Waals surface area contributed by atoms with Crippen molar-refractivity contribution < 1.29 is 14.3 Å². The lowest BCUT2D eigenvalue weighted by Gasteiger charge is -2.30. The molecular weight excluding hydrogens is 458 g/mol. The maximum absolute atomic E-state index is 13.7. The van der Waals surface area contributed by atoms with Gasteiger partial charge in [-0.3, -0.25) is 19.9 Å². The summed E-state index contributed by atoms with van der Waals surface area (Å²) in [6.45, 7) is 10.9. The Balaban J connectivity index is 1.45. The number of carbonyl (C=O) groups is 2. The highest BCUT2D eigenvalue weighted by Crippen LogP contribution is 2.33. The van der Waals surface area contributed by atoms with Crippen LogP contribution < -0.4 is 19.9 Å². The van der Waals surface area contributed by atoms with Gasteiger partial charge >= 0.3 is 0 Å². The minimum atomic E-state index is -0.208. The third-order valence-electron chi connectivity index (χ3n) is 6.24. The molecule has 2 aliphatic rings. The molecule has 0 saturated heterocycles. The Bertz CT molecular complexity index is 1380. The first-order valence-electron chi connectivity index (χ1n) is 11.7. The number of aromatic nitrogens is 2. The van der Waals surface area contributed by atoms with Gasteiger partial charge in [0.25, 0.3) is 11.7 Å². The number of guanidine groups is 1. The first kappa shape index (κ1) is 23.1. The standard InChI is InChI=1S/C26H25N7O3/c1-17(34)29-26-28-14-4-15-32(26)19-7-5-18(6-8-19)31-16-13-22-23(25(31)35)33(30-24(22)27-2)20-9-11-21(36-3)12-10-20/h5-12H,4,13-16H2,1,3H3,(H,28,29,34). The molecule has 5 rings (SSSR count). The summed E-state index contributed by atoms with van der Waals surface area (Å²) >= 11 is 0. The molecule has 3 aromatic rings. The Labute approximate surface area is 208 Å². The van der Waals surface area contributed by atoms with Crippen molar-refractivity contribution in [3.05, 3.63) is 71.2 Å². The summed E-state index contributed by atoms with van der Waals surface area (Å²) in [5, 5.41) is 7.24. The Kier molecular flexibility index (Phi) is 6.12. The van der Waals surface area contributed by atoms with Gasteiger partial charge in [0.1, 0.15) is 11.4 Å². The Morgan fingerprint density at radius 1 is 1.03 bits per heavy atom. The summed E-state index contributed by atoms with van der Waals surface area (Å²) < 4.78 is 6.78. The SMILES string of the molecule is [C-]#[N+]c1nn(-c2ccc(OC)cc2)c2c1CCN(c1ccc(N3CCCN=C3NC(C)=O)cc1)C2=O. The number of nitrogens with zero attached hydrogens (tertiary/aromatic N) is 6. The lowest BCUT2D eigenvalue weighted by molar-refractivity contribution is -0.117. The molecule has 0 unspecified atom stereocenters. The van der Waals surface area contributed by atoms with E-state index in [-0.39, 0.29) is 17.6 Å². The van der Waals surface area contributed by atoms with E-state index < -0.39 is 0 Å². The highest BCUT2D eigenvalue weighted by Gasteiger charge is 2.34. The van der Waals surface area contributed by atoms with Crippen LogP contribution in [-0.2, 0) is 11.2 Å². The van der Waals surface area contributed by atoms with Crippen LogP contribution in [0, 0.1) is 6.57 Å². The predicted octanol–water partition coefficient (Wildman–Crippen LogP) is 3.34. The fraction of sp³-hybridized carbons (Fsp3) is 0.269. The van der Waals surface area contributed by atoms with Crippen molar-refractivity contribution in [3.63, 3.8) is 0 Å². The smallest absolute Gasteiger partial charge is 0.300 e. The number of amides is 2. The van der Waals surface area contributed by atoms with Crippen LogP contribution in [0.1, 0.15) is 29.4 Å². The van der Waals surface area contributed by atoms with E-state index in [4.69, 9.17) is 11.3 Å². The fourth-order valence-electron chi connectivity index (χ4n) is 4.52. The third-order valence-corrected chi connectivity index (χ3v) is 6.24. The highest BCUT2D eigenvalue weighted by atomic mass is 16.5. The molecule has 3 heterocycles. The summed E-state index contributed by atoms with van der Waals surface area (Å²) in [5.74, 6) is 1.10. The quantitative estimate of drug-likeness (QED) is 0.575. The largest absolute Gasteiger partial charge is 0.497 e. The van der Waals surface area contributed by atoms with Gasteiger partial charge in [-0.2, -0.15) is 4.68 Å². The summed E-state index contributed by atoms with van der Waals surface area (Å²) in [4.78, 5) is 36.9. The zero-order valence-electron chi connectivity index (χ0n) is 20.1. The van der Waals surface area contributed by atoms with Gasteiger partial charge in [-0.1, -0.05) is 6.57 Å². The fourth-order valence-corrected chi connectivity index (χ4v) is 4.52. The molecular formula is C26H25N7O3. The van der Waals surface area contributed by atoms with E-state index in [9.17, 15) is 9.59 Å². The van der Waals surface area contributed by atoms with Crippen molar-refractivity contribution >= 4 is 35.0 Å². The lowest BCUT2D eigenvalue weighted by Crippen LogP contribution is -2.46. The monoisotopic (exact) mass is 483 g/mol. The number of benzene rings is 2. The maximum atomic E-state index is 13.7. The van der Waals surface area contributed by atoms with Gasteiger partial charge in [-0.05, 0) is 66.5 Å². The molecule has 0 atom stereocenters. The molecule has 0 radical (unpaired) electrons. The predicted molar refractivity (Wildman–Crippen MR) is 136 cm³/mol. The van der Waals surface area contributed by atoms with E-state index in [1.54, 1.807) is 28.8 Å². The van der Waals surface area contributed by atoms with Gasteiger partial charge in [-0.15, -0.1) is 0 Å². The van der Waals surface area contributed by atoms with E-state index in [2.05, 4.69) is 20.3 Å². The molecule has 0 aliphatic carbocycles. The normalized spacial score (nSPS) is 15.1. The molecule has 2 amide bonds. The molecule has 0 fully saturated rings. The van der Waals surface area contributed by atoms with E-state index in [1.807, 2.05) is 41.3 Å². The van der Waals surface area contributed by atoms with Crippen LogP contribution in [0.4, 0.5) is 17.2 Å². The summed E-state index contributed by atoms with van der Waals surface area (Å²) in [6, 6.07) is 14.8. The van der Waals surface area contributed by atoms with E-state index in [1.165, 1.54) is 6.92 Å². The number of methoxy groups -OCH3 is 1. The molecule has 2 aliphatic heterocycles. The summed E-state index contributed by atoms with van der Waals surface area (Å²) in [7, 11) is 1.59. The number of hydrogen-bond acceptors (Lipinski definition) is 6. The van der Waals surface area contributed by atoms with Crippen LogP contribution in [0.2, 0.25) is 0 Å². The topological polar surface area (TPSA) is 96.4 Å². The van der Waals surface area contributed by atoms with Crippen molar-refractivity contribution in [1.82, 2.24) is 15.1 Å². The Morgan fingerprint density at radius 3 is 2.33 bits per heavy atom. The van der Waals surface area contributed by atoms with Gasteiger partial charge in [0.2, 0.25) is 11.9 Å². The number of rotatable bonds is 4. The first-order valence-corrected chi connectivity index (χ1v) is 11.7. The number of anilines is 2. The highest BCUT2D eigenvalue weighted by molar-refractivity contribution is 6.09. The van der Waals surface area contributed by atoms with Crippen LogP contribution in [-0.4, -0.2) is 54.3 Å². The van der Waals surface area contributed by atoms with Gasteiger partial charge in [-0.25, -0.2) is 0 Å². The molecule has 1 N–H and O–H groups in total. The van der Waals surface area contributed by atoms with Crippen molar-refractivity contribution in [2.75, 3.05) is 36.5 Å². The summed E-state index contributed by atoms with van der Waals surface area (Å²) in [5.41, 5.74) is 3.38. The van der Waals surface area contributed by atoms with Crippen LogP contribution in [0.15, 0.2) is 53.5 Å².